The predicted molar refractivity (Wildman–Crippen MR) is 102 cm³/mol. The largest absolute Gasteiger partial charge is 0.447 e. The van der Waals surface area contributed by atoms with Crippen LogP contribution in [0.15, 0.2) is 18.2 Å². The highest BCUT2D eigenvalue weighted by Gasteiger charge is 2.79. The maximum Gasteiger partial charge on any atom is 0.217 e. The van der Waals surface area contributed by atoms with Gasteiger partial charge in [0.1, 0.15) is 6.10 Å². The molecule has 0 aromatic heterocycles. The standard InChI is InChI=1S/C22H24N4O2/c1-5-9-22-17(6-2)21(13-25,19(26)28-22)20(11-23,12-24)18(27-22)16-10-14(3)7-8-15(16)4/h7-8,10,17-18,26H,5-6,9H2,1-4H3. The second-order valence-corrected chi connectivity index (χ2v) is 7.76. The first-order chi connectivity index (χ1) is 13.3. The van der Waals surface area contributed by atoms with Crippen molar-refractivity contribution in [1.29, 1.82) is 21.2 Å². The van der Waals surface area contributed by atoms with Gasteiger partial charge in [0.25, 0.3) is 0 Å². The van der Waals surface area contributed by atoms with Crippen molar-refractivity contribution in [3.63, 3.8) is 0 Å². The van der Waals surface area contributed by atoms with E-state index in [0.29, 0.717) is 18.4 Å². The summed E-state index contributed by atoms with van der Waals surface area (Å²) in [5.41, 5.74) is -1.04. The second kappa shape index (κ2) is 6.62. The lowest BCUT2D eigenvalue weighted by molar-refractivity contribution is -0.286. The minimum atomic E-state index is -1.88. The van der Waals surface area contributed by atoms with Gasteiger partial charge >= 0.3 is 0 Å². The number of ether oxygens (including phenoxy) is 2. The van der Waals surface area contributed by atoms with Crippen LogP contribution in [0.4, 0.5) is 0 Å². The molecule has 6 heteroatoms. The van der Waals surface area contributed by atoms with Crippen molar-refractivity contribution < 1.29 is 9.47 Å². The Morgan fingerprint density at radius 3 is 2.32 bits per heavy atom. The predicted octanol–water partition coefficient (Wildman–Crippen LogP) is 4.45. The molecule has 6 nitrogen and oxygen atoms in total. The van der Waals surface area contributed by atoms with Gasteiger partial charge in [0, 0.05) is 6.42 Å². The van der Waals surface area contributed by atoms with Crippen molar-refractivity contribution in [2.45, 2.75) is 58.8 Å². The number of aryl methyl sites for hydroxylation is 2. The van der Waals surface area contributed by atoms with E-state index in [0.717, 1.165) is 17.5 Å². The van der Waals surface area contributed by atoms with E-state index in [1.165, 1.54) is 0 Å². The highest BCUT2D eigenvalue weighted by Crippen LogP contribution is 2.68. The zero-order chi connectivity index (χ0) is 20.7. The van der Waals surface area contributed by atoms with Gasteiger partial charge in [0.05, 0.1) is 24.1 Å². The van der Waals surface area contributed by atoms with Gasteiger partial charge in [0.15, 0.2) is 5.41 Å². The Morgan fingerprint density at radius 1 is 1.11 bits per heavy atom. The summed E-state index contributed by atoms with van der Waals surface area (Å²) in [5.74, 6) is -2.08. The lowest BCUT2D eigenvalue weighted by Gasteiger charge is -2.50. The molecular formula is C22H24N4O2. The van der Waals surface area contributed by atoms with Crippen molar-refractivity contribution in [2.75, 3.05) is 0 Å². The second-order valence-electron chi connectivity index (χ2n) is 7.76. The Bertz CT molecular complexity index is 937. The van der Waals surface area contributed by atoms with E-state index in [4.69, 9.17) is 14.9 Å². The summed E-state index contributed by atoms with van der Waals surface area (Å²) in [6, 6.07) is 12.2. The van der Waals surface area contributed by atoms with E-state index in [9.17, 15) is 15.8 Å². The van der Waals surface area contributed by atoms with Gasteiger partial charge in [-0.15, -0.1) is 0 Å². The molecule has 2 aliphatic rings. The van der Waals surface area contributed by atoms with Crippen LogP contribution in [0, 0.1) is 70.0 Å². The van der Waals surface area contributed by atoms with Crippen LogP contribution >= 0.6 is 0 Å². The first-order valence-corrected chi connectivity index (χ1v) is 9.59. The summed E-state index contributed by atoms with van der Waals surface area (Å²) in [4.78, 5) is 0. The fraction of sp³-hybridized carbons (Fsp3) is 0.545. The molecule has 0 saturated carbocycles. The molecule has 28 heavy (non-hydrogen) atoms. The smallest absolute Gasteiger partial charge is 0.217 e. The van der Waals surface area contributed by atoms with Crippen LogP contribution in [0.3, 0.4) is 0 Å². The summed E-state index contributed by atoms with van der Waals surface area (Å²) >= 11 is 0. The van der Waals surface area contributed by atoms with Crippen molar-refractivity contribution in [2.24, 2.45) is 16.7 Å². The van der Waals surface area contributed by atoms with Crippen LogP contribution in [-0.2, 0) is 9.47 Å². The minimum Gasteiger partial charge on any atom is -0.447 e. The van der Waals surface area contributed by atoms with Crippen LogP contribution in [0.2, 0.25) is 0 Å². The maximum absolute atomic E-state index is 10.3. The molecule has 2 saturated heterocycles. The van der Waals surface area contributed by atoms with Gasteiger partial charge in [-0.25, -0.2) is 0 Å². The molecule has 0 aliphatic carbocycles. The number of nitrogens with zero attached hydrogens (tertiary/aromatic N) is 3. The molecule has 0 amide bonds. The van der Waals surface area contributed by atoms with Gasteiger partial charge in [-0.3, -0.25) is 5.41 Å². The molecule has 2 aliphatic heterocycles. The normalized spacial score (nSPS) is 32.7. The van der Waals surface area contributed by atoms with Crippen molar-refractivity contribution in [1.82, 2.24) is 0 Å². The highest BCUT2D eigenvalue weighted by atomic mass is 16.7. The molecule has 144 valence electrons. The molecule has 1 N–H and O–H groups in total. The summed E-state index contributed by atoms with van der Waals surface area (Å²) in [5, 5.41) is 39.3. The molecule has 1 aromatic carbocycles. The number of nitrogens with one attached hydrogen (secondary N) is 1. The third-order valence-electron chi connectivity index (χ3n) is 6.27. The summed E-state index contributed by atoms with van der Waals surface area (Å²) < 4.78 is 12.4. The quantitative estimate of drug-likeness (QED) is 0.834. The Kier molecular flexibility index (Phi) is 4.70. The third kappa shape index (κ3) is 2.17. The van der Waals surface area contributed by atoms with E-state index >= 15 is 0 Å². The van der Waals surface area contributed by atoms with E-state index in [1.54, 1.807) is 0 Å². The summed E-state index contributed by atoms with van der Waals surface area (Å²) in [6.45, 7) is 7.68. The fourth-order valence-corrected chi connectivity index (χ4v) is 4.99. The molecule has 3 rings (SSSR count). The monoisotopic (exact) mass is 376 g/mol. The van der Waals surface area contributed by atoms with Crippen molar-refractivity contribution in [3.05, 3.63) is 34.9 Å². The van der Waals surface area contributed by atoms with Crippen molar-refractivity contribution >= 4 is 5.90 Å². The van der Waals surface area contributed by atoms with E-state index < -0.39 is 28.6 Å². The Morgan fingerprint density at radius 2 is 1.79 bits per heavy atom. The number of hydrogen-bond acceptors (Lipinski definition) is 6. The number of nitriles is 3. The first kappa shape index (κ1) is 19.9. The number of fused-ring (bicyclic) bond motifs is 2. The Hall–Kier alpha value is -2.88. The van der Waals surface area contributed by atoms with Gasteiger partial charge in [0.2, 0.25) is 17.1 Å². The van der Waals surface area contributed by atoms with Gasteiger partial charge in [-0.05, 0) is 37.8 Å². The lowest BCUT2D eigenvalue weighted by Crippen LogP contribution is -2.59. The average molecular weight is 376 g/mol. The number of benzene rings is 1. The molecule has 4 atom stereocenters. The van der Waals surface area contributed by atoms with Crippen molar-refractivity contribution in [3.8, 4) is 18.2 Å². The van der Waals surface area contributed by atoms with Gasteiger partial charge in [-0.2, -0.15) is 15.8 Å². The summed E-state index contributed by atoms with van der Waals surface area (Å²) in [6.07, 6.45) is 0.669. The molecule has 2 bridgehead atoms. The first-order valence-electron chi connectivity index (χ1n) is 9.59. The van der Waals surface area contributed by atoms with Gasteiger partial charge in [-0.1, -0.05) is 37.6 Å². The van der Waals surface area contributed by atoms with Gasteiger partial charge < -0.3 is 9.47 Å². The highest BCUT2D eigenvalue weighted by molar-refractivity contribution is 5.89. The van der Waals surface area contributed by atoms with Crippen LogP contribution in [0.1, 0.15) is 55.9 Å². The molecule has 1 aromatic rings. The zero-order valence-corrected chi connectivity index (χ0v) is 16.7. The summed E-state index contributed by atoms with van der Waals surface area (Å²) in [7, 11) is 0. The lowest BCUT2D eigenvalue weighted by atomic mass is 9.52. The number of hydrogen-bond donors (Lipinski definition) is 1. The van der Waals surface area contributed by atoms with Crippen LogP contribution in [0.5, 0.6) is 0 Å². The molecule has 2 heterocycles. The Labute approximate surface area is 165 Å². The van der Waals surface area contributed by atoms with Crippen LogP contribution < -0.4 is 0 Å². The molecular weight excluding hydrogens is 352 g/mol. The topological polar surface area (TPSA) is 114 Å². The molecule has 0 spiro atoms. The zero-order valence-electron chi connectivity index (χ0n) is 16.7. The SMILES string of the molecule is CCCC12OC(=N)C(C#N)(C1CC)C(C#N)(C#N)C(c1cc(C)ccc1C)O2. The van der Waals surface area contributed by atoms with Crippen LogP contribution in [-0.4, -0.2) is 11.7 Å². The van der Waals surface area contributed by atoms with E-state index in [1.807, 2.05) is 45.9 Å². The van der Waals surface area contributed by atoms with Crippen LogP contribution in [0.25, 0.3) is 0 Å². The molecule has 4 unspecified atom stereocenters. The third-order valence-corrected chi connectivity index (χ3v) is 6.27. The van der Waals surface area contributed by atoms with E-state index in [-0.39, 0.29) is 5.90 Å². The minimum absolute atomic E-state index is 0.328. The van der Waals surface area contributed by atoms with E-state index in [2.05, 4.69) is 18.2 Å². The molecule has 2 fully saturated rings. The number of rotatable bonds is 4. The maximum atomic E-state index is 10.3. The fourth-order valence-electron chi connectivity index (χ4n) is 4.99. The Balaban J connectivity index is 2.39. The average Bonchev–Trinajstić information content (AvgIpc) is 2.87. The molecule has 0 radical (unpaired) electrons.